The number of rotatable bonds is 6. The van der Waals surface area contributed by atoms with Gasteiger partial charge in [0, 0.05) is 26.2 Å². The Morgan fingerprint density at radius 1 is 1.00 bits per heavy atom. The summed E-state index contributed by atoms with van der Waals surface area (Å²) in [6.07, 6.45) is 6.28. The van der Waals surface area contributed by atoms with E-state index in [0.717, 1.165) is 57.4 Å². The molecule has 0 unspecified atom stereocenters. The van der Waals surface area contributed by atoms with Crippen molar-refractivity contribution in [3.8, 4) is 11.5 Å². The molecule has 0 spiro atoms. The Morgan fingerprint density at radius 2 is 1.61 bits per heavy atom. The molecule has 9 nitrogen and oxygen atoms in total. The van der Waals surface area contributed by atoms with E-state index in [4.69, 9.17) is 4.74 Å². The highest BCUT2D eigenvalue weighted by Crippen LogP contribution is 2.26. The third-order valence-corrected chi connectivity index (χ3v) is 4.97. The summed E-state index contributed by atoms with van der Waals surface area (Å²) >= 11 is 0. The summed E-state index contributed by atoms with van der Waals surface area (Å²) < 4.78 is 5.12. The van der Waals surface area contributed by atoms with Gasteiger partial charge in [0.2, 0.25) is 17.8 Å². The quantitative estimate of drug-likeness (QED) is 0.579. The third-order valence-electron chi connectivity index (χ3n) is 4.97. The predicted octanol–water partition coefficient (Wildman–Crippen LogP) is 2.23. The molecule has 9 heteroatoms. The molecular weight excluding hydrogens is 358 g/mol. The maximum atomic E-state index is 9.69. The van der Waals surface area contributed by atoms with Gasteiger partial charge in [-0.25, -0.2) is 5.43 Å². The van der Waals surface area contributed by atoms with Crippen LogP contribution in [-0.4, -0.2) is 59.6 Å². The van der Waals surface area contributed by atoms with Gasteiger partial charge in [0.25, 0.3) is 0 Å². The largest absolute Gasteiger partial charge is 0.504 e. The first-order chi connectivity index (χ1) is 13.7. The van der Waals surface area contributed by atoms with E-state index in [2.05, 4.69) is 35.3 Å². The van der Waals surface area contributed by atoms with Crippen LogP contribution in [0.4, 0.5) is 17.8 Å². The molecule has 0 atom stereocenters. The lowest BCUT2D eigenvalue weighted by Crippen LogP contribution is -2.25. The van der Waals surface area contributed by atoms with E-state index in [1.165, 1.54) is 7.11 Å². The lowest BCUT2D eigenvalue weighted by atomic mass is 10.2. The van der Waals surface area contributed by atoms with Crippen molar-refractivity contribution in [1.82, 2.24) is 15.0 Å². The lowest BCUT2D eigenvalue weighted by Gasteiger charge is -2.20. The molecule has 2 fully saturated rings. The molecule has 2 aliphatic rings. The van der Waals surface area contributed by atoms with Gasteiger partial charge >= 0.3 is 0 Å². The monoisotopic (exact) mass is 383 g/mol. The van der Waals surface area contributed by atoms with Crippen molar-refractivity contribution in [1.29, 1.82) is 0 Å². The fourth-order valence-electron chi connectivity index (χ4n) is 3.46. The van der Waals surface area contributed by atoms with Crippen LogP contribution in [0.2, 0.25) is 0 Å². The first-order valence-corrected chi connectivity index (χ1v) is 9.65. The van der Waals surface area contributed by atoms with Crippen molar-refractivity contribution >= 4 is 24.1 Å². The molecule has 148 valence electrons. The zero-order chi connectivity index (χ0) is 19.3. The molecule has 0 aliphatic carbocycles. The molecule has 28 heavy (non-hydrogen) atoms. The first-order valence-electron chi connectivity index (χ1n) is 9.65. The van der Waals surface area contributed by atoms with E-state index in [1.54, 1.807) is 24.4 Å². The van der Waals surface area contributed by atoms with Gasteiger partial charge in [-0.1, -0.05) is 0 Å². The molecule has 2 N–H and O–H groups in total. The highest BCUT2D eigenvalue weighted by Gasteiger charge is 2.21. The SMILES string of the molecule is COc1cc(/C=N\Nc2nc(N3CCCC3)nc(N3CCCC3)n2)ccc1O. The van der Waals surface area contributed by atoms with Crippen LogP contribution in [0, 0.1) is 0 Å². The van der Waals surface area contributed by atoms with E-state index < -0.39 is 0 Å². The van der Waals surface area contributed by atoms with Crippen molar-refractivity contribution in [2.75, 3.05) is 48.5 Å². The molecule has 3 heterocycles. The van der Waals surface area contributed by atoms with Crippen molar-refractivity contribution < 1.29 is 9.84 Å². The number of benzene rings is 1. The van der Waals surface area contributed by atoms with Crippen LogP contribution in [0.15, 0.2) is 23.3 Å². The summed E-state index contributed by atoms with van der Waals surface area (Å²) in [5, 5.41) is 13.9. The normalized spacial score (nSPS) is 16.9. The van der Waals surface area contributed by atoms with E-state index in [0.29, 0.717) is 23.6 Å². The van der Waals surface area contributed by atoms with Gasteiger partial charge in [-0.05, 0) is 49.4 Å². The predicted molar refractivity (Wildman–Crippen MR) is 109 cm³/mol. The average Bonchev–Trinajstić information content (AvgIpc) is 3.43. The second-order valence-corrected chi connectivity index (χ2v) is 6.95. The molecule has 0 amide bonds. The molecule has 0 radical (unpaired) electrons. The van der Waals surface area contributed by atoms with Crippen LogP contribution in [0.3, 0.4) is 0 Å². The fourth-order valence-corrected chi connectivity index (χ4v) is 3.46. The molecule has 0 bridgehead atoms. The number of hydrogen-bond donors (Lipinski definition) is 2. The lowest BCUT2D eigenvalue weighted by molar-refractivity contribution is 0.373. The summed E-state index contributed by atoms with van der Waals surface area (Å²) in [7, 11) is 1.51. The van der Waals surface area contributed by atoms with Crippen LogP contribution < -0.4 is 20.0 Å². The van der Waals surface area contributed by atoms with Gasteiger partial charge in [0.15, 0.2) is 11.5 Å². The first kappa shape index (κ1) is 18.3. The maximum absolute atomic E-state index is 9.69. The smallest absolute Gasteiger partial charge is 0.250 e. The van der Waals surface area contributed by atoms with Gasteiger partial charge in [-0.15, -0.1) is 0 Å². The minimum Gasteiger partial charge on any atom is -0.504 e. The summed E-state index contributed by atoms with van der Waals surface area (Å²) in [5.41, 5.74) is 3.71. The molecular formula is C19H25N7O2. The number of aromatic hydroxyl groups is 1. The van der Waals surface area contributed by atoms with E-state index in [-0.39, 0.29) is 5.75 Å². The fraction of sp³-hybridized carbons (Fsp3) is 0.474. The minimum absolute atomic E-state index is 0.0931. The second kappa shape index (κ2) is 8.28. The van der Waals surface area contributed by atoms with Crippen molar-refractivity contribution in [2.45, 2.75) is 25.7 Å². The number of aromatic nitrogens is 3. The summed E-state index contributed by atoms with van der Waals surface area (Å²) in [5.74, 6) is 2.34. The number of methoxy groups -OCH3 is 1. The van der Waals surface area contributed by atoms with E-state index in [1.807, 2.05) is 0 Å². The molecule has 2 aliphatic heterocycles. The number of phenols is 1. The highest BCUT2D eigenvalue weighted by atomic mass is 16.5. The van der Waals surface area contributed by atoms with E-state index >= 15 is 0 Å². The molecule has 2 aromatic rings. The second-order valence-electron chi connectivity index (χ2n) is 6.95. The molecule has 0 saturated carbocycles. The van der Waals surface area contributed by atoms with Crippen LogP contribution >= 0.6 is 0 Å². The van der Waals surface area contributed by atoms with Gasteiger partial charge in [0.05, 0.1) is 13.3 Å². The van der Waals surface area contributed by atoms with Crippen LogP contribution in [0.5, 0.6) is 11.5 Å². The number of anilines is 3. The Bertz CT molecular complexity index is 812. The average molecular weight is 383 g/mol. The van der Waals surface area contributed by atoms with Gasteiger partial charge in [-0.3, -0.25) is 0 Å². The van der Waals surface area contributed by atoms with Crippen molar-refractivity contribution in [3.63, 3.8) is 0 Å². The zero-order valence-electron chi connectivity index (χ0n) is 16.0. The molecule has 1 aromatic carbocycles. The Balaban J connectivity index is 1.54. The van der Waals surface area contributed by atoms with Gasteiger partial charge < -0.3 is 19.6 Å². The molecule has 2 saturated heterocycles. The maximum Gasteiger partial charge on any atom is 0.250 e. The Morgan fingerprint density at radius 3 is 2.18 bits per heavy atom. The molecule has 4 rings (SSSR count). The number of hydrazone groups is 1. The van der Waals surface area contributed by atoms with Gasteiger partial charge in [-0.2, -0.15) is 20.1 Å². The van der Waals surface area contributed by atoms with Crippen LogP contribution in [-0.2, 0) is 0 Å². The Labute approximate surface area is 164 Å². The van der Waals surface area contributed by atoms with Crippen LogP contribution in [0.1, 0.15) is 31.2 Å². The van der Waals surface area contributed by atoms with Crippen molar-refractivity contribution in [2.24, 2.45) is 5.10 Å². The Kier molecular flexibility index (Phi) is 5.41. The summed E-state index contributed by atoms with van der Waals surface area (Å²) in [4.78, 5) is 18.2. The van der Waals surface area contributed by atoms with Crippen LogP contribution in [0.25, 0.3) is 0 Å². The Hall–Kier alpha value is -3.10. The number of nitrogens with zero attached hydrogens (tertiary/aromatic N) is 6. The number of ether oxygens (including phenoxy) is 1. The topological polar surface area (TPSA) is 99.0 Å². The number of phenolic OH excluding ortho intramolecular Hbond substituents is 1. The third kappa shape index (κ3) is 4.08. The van der Waals surface area contributed by atoms with Crippen molar-refractivity contribution in [3.05, 3.63) is 23.8 Å². The number of hydrogen-bond acceptors (Lipinski definition) is 9. The summed E-state index contributed by atoms with van der Waals surface area (Å²) in [6.45, 7) is 3.89. The summed E-state index contributed by atoms with van der Waals surface area (Å²) in [6, 6.07) is 5.03. The van der Waals surface area contributed by atoms with Gasteiger partial charge in [0.1, 0.15) is 0 Å². The molecule has 1 aromatic heterocycles. The standard InChI is InChI=1S/C19H25N7O2/c1-28-16-12-14(6-7-15(16)27)13-20-24-17-21-18(25-8-2-3-9-25)23-19(22-17)26-10-4-5-11-26/h6-7,12-13,27H,2-5,8-11H2,1H3,(H,21,22,23,24)/b20-13-. The van der Waals surface area contributed by atoms with E-state index in [9.17, 15) is 5.11 Å². The zero-order valence-corrected chi connectivity index (χ0v) is 16.0. The minimum atomic E-state index is 0.0931. The highest BCUT2D eigenvalue weighted by molar-refractivity contribution is 5.81. The number of nitrogens with one attached hydrogen (secondary N) is 1.